The largest absolute Gasteiger partial charge is 0.215 e. The third-order valence-corrected chi connectivity index (χ3v) is 3.59. The van der Waals surface area contributed by atoms with Gasteiger partial charge in [-0.2, -0.15) is 0 Å². The third kappa shape index (κ3) is 2.79. The zero-order chi connectivity index (χ0) is 8.48. The van der Waals surface area contributed by atoms with Crippen LogP contribution in [0, 0.1) is 11.8 Å². The molecule has 0 amide bonds. The summed E-state index contributed by atoms with van der Waals surface area (Å²) in [6.07, 6.45) is 1.17. The molecule has 0 bridgehead atoms. The van der Waals surface area contributed by atoms with Gasteiger partial charge in [-0.3, -0.25) is 0 Å². The van der Waals surface area contributed by atoms with Crippen molar-refractivity contribution in [3.8, 4) is 0 Å². The number of sulfonamides is 1. The Labute approximate surface area is 68.2 Å². The van der Waals surface area contributed by atoms with E-state index in [1.165, 1.54) is 6.42 Å². The highest BCUT2D eigenvalue weighted by molar-refractivity contribution is 7.89. The maximum Gasteiger partial charge on any atom is 0.211 e. The lowest BCUT2D eigenvalue weighted by atomic mass is 10.3. The third-order valence-electron chi connectivity index (χ3n) is 2.22. The molecule has 1 fully saturated rings. The van der Waals surface area contributed by atoms with Crippen LogP contribution in [0.25, 0.3) is 0 Å². The van der Waals surface area contributed by atoms with Crippen LogP contribution in [-0.2, 0) is 10.0 Å². The van der Waals surface area contributed by atoms with Gasteiger partial charge in [0.15, 0.2) is 0 Å². The van der Waals surface area contributed by atoms with E-state index in [2.05, 4.69) is 11.6 Å². The molecule has 0 radical (unpaired) electrons. The predicted octanol–water partition coefficient (Wildman–Crippen LogP) is 0.582. The fraction of sp³-hybridized carbons (Fsp3) is 1.00. The number of hydrogen-bond donors (Lipinski definition) is 1. The number of nitrogens with one attached hydrogen (secondary N) is 1. The molecule has 2 atom stereocenters. The summed E-state index contributed by atoms with van der Waals surface area (Å²) >= 11 is 0. The second-order valence-electron chi connectivity index (χ2n) is 3.22. The van der Waals surface area contributed by atoms with Gasteiger partial charge < -0.3 is 0 Å². The summed E-state index contributed by atoms with van der Waals surface area (Å²) in [4.78, 5) is 0. The van der Waals surface area contributed by atoms with Crippen molar-refractivity contribution in [1.29, 1.82) is 0 Å². The average Bonchev–Trinajstić information content (AvgIpc) is 2.63. The van der Waals surface area contributed by atoms with E-state index in [1.54, 1.807) is 6.92 Å². The Bertz CT molecular complexity index is 223. The van der Waals surface area contributed by atoms with Gasteiger partial charge in [-0.05, 0) is 25.2 Å². The van der Waals surface area contributed by atoms with Crippen molar-refractivity contribution in [3.05, 3.63) is 0 Å². The lowest BCUT2D eigenvalue weighted by Gasteiger charge is -2.01. The van der Waals surface area contributed by atoms with Crippen LogP contribution >= 0.6 is 0 Å². The maximum absolute atomic E-state index is 10.9. The van der Waals surface area contributed by atoms with Gasteiger partial charge in [0.25, 0.3) is 0 Å². The second kappa shape index (κ2) is 3.11. The molecule has 1 aliphatic carbocycles. The first-order valence-electron chi connectivity index (χ1n) is 4.02. The summed E-state index contributed by atoms with van der Waals surface area (Å²) in [6.45, 7) is 4.43. The average molecular weight is 177 g/mol. The van der Waals surface area contributed by atoms with Gasteiger partial charge in [0.05, 0.1) is 5.75 Å². The summed E-state index contributed by atoms with van der Waals surface area (Å²) in [5.41, 5.74) is 0. The van der Waals surface area contributed by atoms with Crippen LogP contribution in [0.3, 0.4) is 0 Å². The Balaban J connectivity index is 2.22. The lowest BCUT2D eigenvalue weighted by molar-refractivity contribution is 0.576. The zero-order valence-electron chi connectivity index (χ0n) is 7.00. The quantitative estimate of drug-likeness (QED) is 0.683. The highest BCUT2D eigenvalue weighted by atomic mass is 32.2. The maximum atomic E-state index is 10.9. The molecule has 1 saturated carbocycles. The Morgan fingerprint density at radius 1 is 1.55 bits per heavy atom. The predicted molar refractivity (Wildman–Crippen MR) is 44.7 cm³/mol. The Hall–Kier alpha value is -0.0900. The summed E-state index contributed by atoms with van der Waals surface area (Å²) in [6, 6.07) is 0. The molecule has 11 heavy (non-hydrogen) atoms. The summed E-state index contributed by atoms with van der Waals surface area (Å²) in [5, 5.41) is 0. The van der Waals surface area contributed by atoms with E-state index in [9.17, 15) is 8.42 Å². The summed E-state index contributed by atoms with van der Waals surface area (Å²) in [5.74, 6) is 1.50. The van der Waals surface area contributed by atoms with E-state index in [0.717, 1.165) is 5.92 Å². The molecule has 66 valence electrons. The molecule has 1 rings (SSSR count). The van der Waals surface area contributed by atoms with Crippen molar-refractivity contribution in [2.24, 2.45) is 11.8 Å². The molecule has 0 spiro atoms. The van der Waals surface area contributed by atoms with E-state index in [1.807, 2.05) is 0 Å². The highest BCUT2D eigenvalue weighted by Gasteiger charge is 2.32. The fourth-order valence-electron chi connectivity index (χ4n) is 1.02. The SMILES string of the molecule is CCS(=O)(=O)NCC1CC1C. The molecule has 1 N–H and O–H groups in total. The van der Waals surface area contributed by atoms with Gasteiger partial charge in [0, 0.05) is 6.54 Å². The standard InChI is InChI=1S/C7H15NO2S/c1-3-11(9,10)8-5-7-4-6(7)2/h6-8H,3-5H2,1-2H3. The molecule has 0 saturated heterocycles. The van der Waals surface area contributed by atoms with Crippen LogP contribution < -0.4 is 4.72 Å². The lowest BCUT2D eigenvalue weighted by Crippen LogP contribution is -2.27. The van der Waals surface area contributed by atoms with Gasteiger partial charge in [-0.15, -0.1) is 0 Å². The highest BCUT2D eigenvalue weighted by Crippen LogP contribution is 2.36. The number of rotatable bonds is 4. The molecular weight excluding hydrogens is 162 g/mol. The van der Waals surface area contributed by atoms with Crippen molar-refractivity contribution in [2.75, 3.05) is 12.3 Å². The fourth-order valence-corrected chi connectivity index (χ4v) is 1.69. The second-order valence-corrected chi connectivity index (χ2v) is 5.32. The van der Waals surface area contributed by atoms with Crippen molar-refractivity contribution >= 4 is 10.0 Å². The topological polar surface area (TPSA) is 46.2 Å². The molecule has 0 aromatic carbocycles. The Morgan fingerprint density at radius 3 is 2.45 bits per heavy atom. The van der Waals surface area contributed by atoms with Gasteiger partial charge in [0.2, 0.25) is 10.0 Å². The van der Waals surface area contributed by atoms with Gasteiger partial charge in [-0.1, -0.05) is 6.92 Å². The van der Waals surface area contributed by atoms with Crippen molar-refractivity contribution in [2.45, 2.75) is 20.3 Å². The van der Waals surface area contributed by atoms with Crippen molar-refractivity contribution in [3.63, 3.8) is 0 Å². The first kappa shape index (κ1) is 9.00. The molecule has 0 aromatic rings. The van der Waals surface area contributed by atoms with Crippen LogP contribution in [0.5, 0.6) is 0 Å². The van der Waals surface area contributed by atoms with E-state index < -0.39 is 10.0 Å². The monoisotopic (exact) mass is 177 g/mol. The molecule has 1 aliphatic rings. The molecule has 0 aromatic heterocycles. The van der Waals surface area contributed by atoms with Crippen LogP contribution in [0.15, 0.2) is 0 Å². The van der Waals surface area contributed by atoms with E-state index in [-0.39, 0.29) is 5.75 Å². The molecule has 0 aliphatic heterocycles. The summed E-state index contributed by atoms with van der Waals surface area (Å²) in [7, 11) is -2.95. The van der Waals surface area contributed by atoms with E-state index >= 15 is 0 Å². The van der Waals surface area contributed by atoms with Gasteiger partial charge in [-0.25, -0.2) is 13.1 Å². The first-order valence-corrected chi connectivity index (χ1v) is 5.67. The van der Waals surface area contributed by atoms with Crippen molar-refractivity contribution < 1.29 is 8.42 Å². The Kier molecular flexibility index (Phi) is 2.54. The van der Waals surface area contributed by atoms with Crippen LogP contribution in [-0.4, -0.2) is 20.7 Å². The smallest absolute Gasteiger partial charge is 0.211 e. The normalized spacial score (nSPS) is 30.4. The van der Waals surface area contributed by atoms with Gasteiger partial charge >= 0.3 is 0 Å². The van der Waals surface area contributed by atoms with Gasteiger partial charge in [0.1, 0.15) is 0 Å². The van der Waals surface area contributed by atoms with E-state index in [0.29, 0.717) is 12.5 Å². The van der Waals surface area contributed by atoms with Crippen LogP contribution in [0.1, 0.15) is 20.3 Å². The molecule has 2 unspecified atom stereocenters. The zero-order valence-corrected chi connectivity index (χ0v) is 7.82. The van der Waals surface area contributed by atoms with E-state index in [4.69, 9.17) is 0 Å². The molecule has 3 nitrogen and oxygen atoms in total. The summed E-state index contributed by atoms with van der Waals surface area (Å²) < 4.78 is 24.4. The first-order chi connectivity index (χ1) is 5.05. The van der Waals surface area contributed by atoms with Crippen molar-refractivity contribution in [1.82, 2.24) is 4.72 Å². The van der Waals surface area contributed by atoms with Crippen LogP contribution in [0.4, 0.5) is 0 Å². The van der Waals surface area contributed by atoms with Crippen LogP contribution in [0.2, 0.25) is 0 Å². The minimum Gasteiger partial charge on any atom is -0.215 e. The minimum atomic E-state index is -2.95. The molecule has 4 heteroatoms. The molecular formula is C7H15NO2S. The number of hydrogen-bond acceptors (Lipinski definition) is 2. The Morgan fingerprint density at radius 2 is 2.09 bits per heavy atom. The molecule has 0 heterocycles. The minimum absolute atomic E-state index is 0.189.